The molecule has 0 amide bonds. The molecule has 0 saturated carbocycles. The molecule has 0 atom stereocenters. The molecule has 0 fully saturated rings. The average Bonchev–Trinajstić information content (AvgIpc) is 2.63. The largest absolute Gasteiger partial charge is 0.335 e. The SMILES string of the molecule is Cn1ncc(-c2n[nH]c(=S)n2N)c1Br. The van der Waals surface area contributed by atoms with Gasteiger partial charge in [-0.15, -0.1) is 0 Å². The van der Waals surface area contributed by atoms with Crippen molar-refractivity contribution in [3.63, 3.8) is 0 Å². The molecule has 0 aliphatic carbocycles. The van der Waals surface area contributed by atoms with Crippen molar-refractivity contribution in [1.82, 2.24) is 24.7 Å². The Balaban J connectivity index is 2.66. The van der Waals surface area contributed by atoms with Gasteiger partial charge < -0.3 is 5.84 Å². The Kier molecular flexibility index (Phi) is 2.16. The van der Waals surface area contributed by atoms with Crippen LogP contribution in [0.2, 0.25) is 0 Å². The van der Waals surface area contributed by atoms with E-state index in [2.05, 4.69) is 31.2 Å². The van der Waals surface area contributed by atoms with Crippen LogP contribution in [0.1, 0.15) is 0 Å². The molecular formula is C6H7BrN6S. The van der Waals surface area contributed by atoms with Crippen LogP contribution in [0.25, 0.3) is 11.4 Å². The van der Waals surface area contributed by atoms with Crippen LogP contribution in [-0.2, 0) is 7.05 Å². The molecule has 2 heterocycles. The highest BCUT2D eigenvalue weighted by molar-refractivity contribution is 9.10. The number of nitrogens with zero attached hydrogens (tertiary/aromatic N) is 4. The van der Waals surface area contributed by atoms with E-state index in [4.69, 9.17) is 18.1 Å². The first-order valence-electron chi connectivity index (χ1n) is 3.71. The lowest BCUT2D eigenvalue weighted by molar-refractivity contribution is 0.749. The van der Waals surface area contributed by atoms with Crippen molar-refractivity contribution in [1.29, 1.82) is 0 Å². The lowest BCUT2D eigenvalue weighted by Crippen LogP contribution is -2.09. The average molecular weight is 275 g/mol. The molecule has 14 heavy (non-hydrogen) atoms. The second-order valence-corrected chi connectivity index (χ2v) is 3.83. The molecule has 0 aliphatic heterocycles. The number of nitrogens with two attached hydrogens (primary N) is 1. The van der Waals surface area contributed by atoms with E-state index in [1.165, 1.54) is 4.68 Å². The molecule has 2 aromatic rings. The molecule has 0 unspecified atom stereocenters. The number of hydrogen-bond donors (Lipinski definition) is 2. The fourth-order valence-electron chi connectivity index (χ4n) is 1.07. The summed E-state index contributed by atoms with van der Waals surface area (Å²) in [6.45, 7) is 0. The smallest absolute Gasteiger partial charge is 0.214 e. The number of aromatic nitrogens is 5. The minimum absolute atomic E-state index is 0.371. The highest BCUT2D eigenvalue weighted by Crippen LogP contribution is 2.24. The highest BCUT2D eigenvalue weighted by Gasteiger charge is 2.13. The summed E-state index contributed by atoms with van der Waals surface area (Å²) in [6.07, 6.45) is 1.67. The number of aryl methyl sites for hydroxylation is 1. The normalized spacial score (nSPS) is 10.7. The van der Waals surface area contributed by atoms with Gasteiger partial charge in [0.2, 0.25) is 4.77 Å². The molecule has 3 N–H and O–H groups in total. The van der Waals surface area contributed by atoms with Crippen molar-refractivity contribution < 1.29 is 0 Å². The first-order valence-corrected chi connectivity index (χ1v) is 4.91. The number of rotatable bonds is 1. The lowest BCUT2D eigenvalue weighted by atomic mass is 10.3. The second-order valence-electron chi connectivity index (χ2n) is 2.70. The summed E-state index contributed by atoms with van der Waals surface area (Å²) in [4.78, 5) is 0. The van der Waals surface area contributed by atoms with Gasteiger partial charge in [0.25, 0.3) is 0 Å². The third kappa shape index (κ3) is 1.26. The van der Waals surface area contributed by atoms with Crippen LogP contribution in [0.15, 0.2) is 10.8 Å². The topological polar surface area (TPSA) is 77.5 Å². The number of H-pyrrole nitrogens is 1. The quantitative estimate of drug-likeness (QED) is 0.596. The van der Waals surface area contributed by atoms with Gasteiger partial charge in [-0.05, 0) is 28.1 Å². The zero-order valence-corrected chi connectivity index (χ0v) is 9.63. The van der Waals surface area contributed by atoms with E-state index < -0.39 is 0 Å². The number of aromatic amines is 1. The molecule has 74 valence electrons. The Morgan fingerprint density at radius 2 is 2.36 bits per heavy atom. The summed E-state index contributed by atoms with van der Waals surface area (Å²) in [5.41, 5.74) is 0.794. The van der Waals surface area contributed by atoms with Gasteiger partial charge in [-0.2, -0.15) is 10.2 Å². The van der Waals surface area contributed by atoms with E-state index in [1.807, 2.05) is 7.05 Å². The number of nitrogens with one attached hydrogen (secondary N) is 1. The Labute approximate surface area is 92.8 Å². The van der Waals surface area contributed by atoms with Gasteiger partial charge in [-0.1, -0.05) is 0 Å². The molecule has 2 aromatic heterocycles. The lowest BCUT2D eigenvalue weighted by Gasteiger charge is -1.97. The summed E-state index contributed by atoms with van der Waals surface area (Å²) in [7, 11) is 1.82. The van der Waals surface area contributed by atoms with Crippen molar-refractivity contribution in [2.45, 2.75) is 0 Å². The van der Waals surface area contributed by atoms with Crippen molar-refractivity contribution >= 4 is 28.1 Å². The predicted octanol–water partition coefficient (Wildman–Crippen LogP) is 0.817. The minimum Gasteiger partial charge on any atom is -0.335 e. The van der Waals surface area contributed by atoms with Crippen LogP contribution >= 0.6 is 28.1 Å². The summed E-state index contributed by atoms with van der Waals surface area (Å²) < 4.78 is 4.15. The van der Waals surface area contributed by atoms with E-state index in [0.29, 0.717) is 10.6 Å². The van der Waals surface area contributed by atoms with Crippen LogP contribution in [0.4, 0.5) is 0 Å². The van der Waals surface area contributed by atoms with Crippen LogP contribution in [0, 0.1) is 4.77 Å². The standard InChI is InChI=1S/C6H7BrN6S/c1-12-4(7)3(2-9-12)5-10-11-6(14)13(5)8/h2H,8H2,1H3,(H,11,14). The molecule has 0 bridgehead atoms. The molecule has 0 aliphatic rings. The zero-order valence-electron chi connectivity index (χ0n) is 7.23. The number of nitrogen functional groups attached to an aromatic ring is 1. The monoisotopic (exact) mass is 274 g/mol. The first kappa shape index (κ1) is 9.41. The molecule has 6 nitrogen and oxygen atoms in total. The minimum atomic E-state index is 0.371. The van der Waals surface area contributed by atoms with Crippen molar-refractivity contribution in [2.24, 2.45) is 7.05 Å². The van der Waals surface area contributed by atoms with Crippen molar-refractivity contribution in [3.05, 3.63) is 15.6 Å². The summed E-state index contributed by atoms with van der Waals surface area (Å²) in [5.74, 6) is 6.22. The van der Waals surface area contributed by atoms with Crippen molar-refractivity contribution in [2.75, 3.05) is 5.84 Å². The van der Waals surface area contributed by atoms with E-state index in [-0.39, 0.29) is 0 Å². The Bertz CT molecular complexity index is 523. The van der Waals surface area contributed by atoms with E-state index >= 15 is 0 Å². The predicted molar refractivity (Wildman–Crippen MR) is 57.5 cm³/mol. The van der Waals surface area contributed by atoms with Gasteiger partial charge in [0.15, 0.2) is 5.82 Å². The Morgan fingerprint density at radius 1 is 1.64 bits per heavy atom. The molecule has 0 saturated heterocycles. The molecular weight excluding hydrogens is 268 g/mol. The number of hydrogen-bond acceptors (Lipinski definition) is 4. The molecule has 0 aromatic carbocycles. The fourth-order valence-corrected chi connectivity index (χ4v) is 1.57. The maximum Gasteiger partial charge on any atom is 0.214 e. The zero-order chi connectivity index (χ0) is 10.3. The van der Waals surface area contributed by atoms with Gasteiger partial charge in [0.05, 0.1) is 11.8 Å². The van der Waals surface area contributed by atoms with E-state index in [1.54, 1.807) is 10.9 Å². The van der Waals surface area contributed by atoms with Gasteiger partial charge >= 0.3 is 0 Å². The maximum absolute atomic E-state index is 5.67. The second kappa shape index (κ2) is 3.21. The molecule has 0 spiro atoms. The summed E-state index contributed by atoms with van der Waals surface area (Å²) >= 11 is 8.28. The summed E-state index contributed by atoms with van der Waals surface area (Å²) in [6, 6.07) is 0. The van der Waals surface area contributed by atoms with Gasteiger partial charge in [0.1, 0.15) is 4.60 Å². The highest BCUT2D eigenvalue weighted by atomic mass is 79.9. The van der Waals surface area contributed by atoms with Gasteiger partial charge in [-0.25, -0.2) is 9.77 Å². The third-order valence-electron chi connectivity index (χ3n) is 1.81. The van der Waals surface area contributed by atoms with Crippen LogP contribution in [0.3, 0.4) is 0 Å². The van der Waals surface area contributed by atoms with Crippen molar-refractivity contribution in [3.8, 4) is 11.4 Å². The van der Waals surface area contributed by atoms with E-state index in [9.17, 15) is 0 Å². The Hall–Kier alpha value is -1.15. The van der Waals surface area contributed by atoms with Gasteiger partial charge in [0, 0.05) is 7.05 Å². The van der Waals surface area contributed by atoms with Gasteiger partial charge in [-0.3, -0.25) is 4.68 Å². The molecule has 2 rings (SSSR count). The van der Waals surface area contributed by atoms with Crippen LogP contribution in [-0.4, -0.2) is 24.7 Å². The Morgan fingerprint density at radius 3 is 2.79 bits per heavy atom. The van der Waals surface area contributed by atoms with Crippen LogP contribution < -0.4 is 5.84 Å². The summed E-state index contributed by atoms with van der Waals surface area (Å²) in [5, 5.41) is 10.7. The maximum atomic E-state index is 5.67. The fraction of sp³-hybridized carbons (Fsp3) is 0.167. The molecule has 0 radical (unpaired) electrons. The van der Waals surface area contributed by atoms with Crippen LogP contribution in [0.5, 0.6) is 0 Å². The first-order chi connectivity index (χ1) is 6.61. The van der Waals surface area contributed by atoms with E-state index in [0.717, 1.165) is 10.2 Å². The number of halogens is 1. The third-order valence-corrected chi connectivity index (χ3v) is 3.04. The molecule has 8 heteroatoms.